The van der Waals surface area contributed by atoms with Crippen LogP contribution in [0.25, 0.3) is 11.3 Å². The van der Waals surface area contributed by atoms with Gasteiger partial charge in [-0.3, -0.25) is 4.79 Å². The molecule has 0 bridgehead atoms. The Hall–Kier alpha value is -1.66. The molecule has 0 saturated carbocycles. The Morgan fingerprint density at radius 1 is 1.43 bits per heavy atom. The number of thiazole rings is 1. The Labute approximate surface area is 127 Å². The number of hydrogen-bond donors (Lipinski definition) is 2. The van der Waals surface area contributed by atoms with Crippen molar-refractivity contribution < 1.29 is 9.21 Å². The van der Waals surface area contributed by atoms with Gasteiger partial charge in [0, 0.05) is 16.9 Å². The van der Waals surface area contributed by atoms with E-state index >= 15 is 0 Å². The number of hydrogen-bond acceptors (Lipinski definition) is 5. The molecule has 1 aliphatic heterocycles. The molecule has 2 aromatic rings. The summed E-state index contributed by atoms with van der Waals surface area (Å²) in [5.41, 5.74) is 1.85. The molecule has 1 aliphatic rings. The number of aryl methyl sites for hydroxylation is 2. The summed E-state index contributed by atoms with van der Waals surface area (Å²) in [4.78, 5) is 16.7. The van der Waals surface area contributed by atoms with Crippen molar-refractivity contribution in [2.24, 2.45) is 5.92 Å². The summed E-state index contributed by atoms with van der Waals surface area (Å²) in [5.74, 6) is 1.90. The van der Waals surface area contributed by atoms with Gasteiger partial charge in [0.25, 0.3) is 0 Å². The van der Waals surface area contributed by atoms with E-state index in [2.05, 4.69) is 15.6 Å². The van der Waals surface area contributed by atoms with E-state index in [1.165, 1.54) is 11.3 Å². The second kappa shape index (κ2) is 5.99. The lowest BCUT2D eigenvalue weighted by Crippen LogP contribution is -2.34. The highest BCUT2D eigenvalue weighted by atomic mass is 32.1. The molecule has 0 unspecified atom stereocenters. The van der Waals surface area contributed by atoms with Crippen LogP contribution in [0.3, 0.4) is 0 Å². The molecule has 0 radical (unpaired) electrons. The number of anilines is 1. The third kappa shape index (κ3) is 3.16. The molecular weight excluding hydrogens is 286 g/mol. The number of amides is 1. The molecule has 3 heterocycles. The number of furan rings is 1. The maximum atomic E-state index is 12.2. The standard InChI is InChI=1S/C15H19N3O2S/c1-9-7-12(10(2)20-9)13-8-21-15(17-13)18-14(19)11-3-5-16-6-4-11/h7-8,11,16H,3-6H2,1-2H3,(H,17,18,19). The Bertz CT molecular complexity index is 641. The van der Waals surface area contributed by atoms with Gasteiger partial charge in [-0.25, -0.2) is 4.98 Å². The van der Waals surface area contributed by atoms with Crippen molar-refractivity contribution >= 4 is 22.4 Å². The van der Waals surface area contributed by atoms with Gasteiger partial charge in [0.15, 0.2) is 5.13 Å². The number of carbonyl (C=O) groups excluding carboxylic acids is 1. The summed E-state index contributed by atoms with van der Waals surface area (Å²) in [6, 6.07) is 1.97. The van der Waals surface area contributed by atoms with Crippen LogP contribution in [-0.2, 0) is 4.79 Å². The van der Waals surface area contributed by atoms with Crippen LogP contribution in [0.15, 0.2) is 15.9 Å². The second-order valence-corrected chi connectivity index (χ2v) is 6.24. The number of piperidine rings is 1. The fourth-order valence-electron chi connectivity index (χ4n) is 2.63. The monoisotopic (exact) mass is 305 g/mol. The molecule has 6 heteroatoms. The van der Waals surface area contributed by atoms with Gasteiger partial charge in [0.1, 0.15) is 11.5 Å². The highest BCUT2D eigenvalue weighted by Gasteiger charge is 2.22. The maximum Gasteiger partial charge on any atom is 0.229 e. The Morgan fingerprint density at radius 2 is 2.19 bits per heavy atom. The van der Waals surface area contributed by atoms with Crippen molar-refractivity contribution in [3.63, 3.8) is 0 Å². The van der Waals surface area contributed by atoms with E-state index in [4.69, 9.17) is 4.42 Å². The van der Waals surface area contributed by atoms with Crippen LogP contribution >= 0.6 is 11.3 Å². The minimum atomic E-state index is 0.0810. The predicted octanol–water partition coefficient (Wildman–Crippen LogP) is 2.96. The number of rotatable bonds is 3. The molecule has 1 amide bonds. The number of carbonyl (C=O) groups is 1. The highest BCUT2D eigenvalue weighted by molar-refractivity contribution is 7.14. The molecular formula is C15H19N3O2S. The molecule has 2 aromatic heterocycles. The summed E-state index contributed by atoms with van der Waals surface area (Å²) in [6.45, 7) is 5.67. The van der Waals surface area contributed by atoms with E-state index in [1.54, 1.807) is 0 Å². The average Bonchev–Trinajstić information content (AvgIpc) is 3.06. The molecule has 5 nitrogen and oxygen atoms in total. The molecule has 2 N–H and O–H groups in total. The lowest BCUT2D eigenvalue weighted by Gasteiger charge is -2.20. The van der Waals surface area contributed by atoms with E-state index in [-0.39, 0.29) is 11.8 Å². The molecule has 1 saturated heterocycles. The number of aromatic nitrogens is 1. The van der Waals surface area contributed by atoms with E-state index in [0.717, 1.165) is 48.7 Å². The van der Waals surface area contributed by atoms with Crippen LogP contribution < -0.4 is 10.6 Å². The molecule has 1 fully saturated rings. The van der Waals surface area contributed by atoms with Gasteiger partial charge in [-0.15, -0.1) is 11.3 Å². The number of nitrogens with zero attached hydrogens (tertiary/aromatic N) is 1. The maximum absolute atomic E-state index is 12.2. The summed E-state index contributed by atoms with van der Waals surface area (Å²) in [7, 11) is 0. The lowest BCUT2D eigenvalue weighted by molar-refractivity contribution is -0.120. The Kier molecular flexibility index (Phi) is 4.07. The zero-order valence-electron chi connectivity index (χ0n) is 12.2. The molecule has 3 rings (SSSR count). The van der Waals surface area contributed by atoms with E-state index in [0.29, 0.717) is 5.13 Å². The SMILES string of the molecule is Cc1cc(-c2csc(NC(=O)C3CCNCC3)n2)c(C)o1. The van der Waals surface area contributed by atoms with Gasteiger partial charge in [-0.1, -0.05) is 0 Å². The normalized spacial score (nSPS) is 16.1. The van der Waals surface area contributed by atoms with E-state index < -0.39 is 0 Å². The first kappa shape index (κ1) is 14.3. The minimum Gasteiger partial charge on any atom is -0.466 e. The van der Waals surface area contributed by atoms with Crippen molar-refractivity contribution in [1.82, 2.24) is 10.3 Å². The summed E-state index contributed by atoms with van der Waals surface area (Å²) in [5, 5.41) is 8.82. The fourth-order valence-corrected chi connectivity index (χ4v) is 3.35. The summed E-state index contributed by atoms with van der Waals surface area (Å²) >= 11 is 1.45. The fraction of sp³-hybridized carbons (Fsp3) is 0.467. The Balaban J connectivity index is 1.70. The van der Waals surface area contributed by atoms with Crippen LogP contribution in [0.1, 0.15) is 24.4 Å². The van der Waals surface area contributed by atoms with Crippen molar-refractivity contribution in [3.05, 3.63) is 23.0 Å². The van der Waals surface area contributed by atoms with Gasteiger partial charge in [0.2, 0.25) is 5.91 Å². The van der Waals surface area contributed by atoms with Crippen LogP contribution in [0.5, 0.6) is 0 Å². The second-order valence-electron chi connectivity index (χ2n) is 5.38. The van der Waals surface area contributed by atoms with Crippen LogP contribution in [0.2, 0.25) is 0 Å². The zero-order chi connectivity index (χ0) is 14.8. The average molecular weight is 305 g/mol. The zero-order valence-corrected chi connectivity index (χ0v) is 13.0. The van der Waals surface area contributed by atoms with Gasteiger partial charge in [0.05, 0.1) is 5.69 Å². The molecule has 0 aromatic carbocycles. The molecule has 0 atom stereocenters. The number of nitrogens with one attached hydrogen (secondary N) is 2. The summed E-state index contributed by atoms with van der Waals surface area (Å²) < 4.78 is 5.52. The van der Waals surface area contributed by atoms with Gasteiger partial charge < -0.3 is 15.1 Å². The van der Waals surface area contributed by atoms with Crippen molar-refractivity contribution in [2.75, 3.05) is 18.4 Å². The molecule has 0 aliphatic carbocycles. The van der Waals surface area contributed by atoms with Crippen LogP contribution in [0.4, 0.5) is 5.13 Å². The van der Waals surface area contributed by atoms with Crippen molar-refractivity contribution in [2.45, 2.75) is 26.7 Å². The third-order valence-electron chi connectivity index (χ3n) is 3.76. The molecule has 21 heavy (non-hydrogen) atoms. The van der Waals surface area contributed by atoms with E-state index in [1.807, 2.05) is 25.3 Å². The predicted molar refractivity (Wildman–Crippen MR) is 83.5 cm³/mol. The quantitative estimate of drug-likeness (QED) is 0.915. The summed E-state index contributed by atoms with van der Waals surface area (Å²) in [6.07, 6.45) is 1.79. The highest BCUT2D eigenvalue weighted by Crippen LogP contribution is 2.30. The van der Waals surface area contributed by atoms with Crippen molar-refractivity contribution in [3.8, 4) is 11.3 Å². The molecule has 0 spiro atoms. The van der Waals surface area contributed by atoms with Crippen LogP contribution in [0, 0.1) is 19.8 Å². The van der Waals surface area contributed by atoms with Crippen molar-refractivity contribution in [1.29, 1.82) is 0 Å². The third-order valence-corrected chi connectivity index (χ3v) is 4.52. The smallest absolute Gasteiger partial charge is 0.229 e. The van der Waals surface area contributed by atoms with Gasteiger partial charge >= 0.3 is 0 Å². The van der Waals surface area contributed by atoms with Gasteiger partial charge in [-0.2, -0.15) is 0 Å². The topological polar surface area (TPSA) is 67.2 Å². The van der Waals surface area contributed by atoms with Crippen LogP contribution in [-0.4, -0.2) is 24.0 Å². The first-order valence-corrected chi connectivity index (χ1v) is 8.06. The van der Waals surface area contributed by atoms with Gasteiger partial charge in [-0.05, 0) is 45.8 Å². The Morgan fingerprint density at radius 3 is 2.86 bits per heavy atom. The lowest BCUT2D eigenvalue weighted by atomic mass is 9.97. The van der Waals surface area contributed by atoms with E-state index in [9.17, 15) is 4.79 Å². The molecule has 112 valence electrons. The minimum absolute atomic E-state index is 0.0810. The first-order valence-electron chi connectivity index (χ1n) is 7.18. The first-order chi connectivity index (χ1) is 10.1. The largest absolute Gasteiger partial charge is 0.466 e.